The minimum atomic E-state index is -0.255. The van der Waals surface area contributed by atoms with Crippen LogP contribution >= 0.6 is 11.6 Å². The lowest BCUT2D eigenvalue weighted by Gasteiger charge is -2.39. The molecular formula is C18H27ClN4O3. The van der Waals surface area contributed by atoms with Gasteiger partial charge in [-0.2, -0.15) is 0 Å². The fourth-order valence-corrected chi connectivity index (χ4v) is 3.34. The molecule has 1 aromatic rings. The van der Waals surface area contributed by atoms with Gasteiger partial charge in [0.25, 0.3) is 5.70 Å². The Morgan fingerprint density at radius 2 is 2.19 bits per heavy atom. The number of halogens is 1. The van der Waals surface area contributed by atoms with Crippen molar-refractivity contribution in [1.29, 1.82) is 0 Å². The summed E-state index contributed by atoms with van der Waals surface area (Å²) in [7, 11) is 0. The molecule has 0 aliphatic carbocycles. The molecule has 0 radical (unpaired) electrons. The van der Waals surface area contributed by atoms with Gasteiger partial charge in [0.2, 0.25) is 0 Å². The smallest absolute Gasteiger partial charge is 0.289 e. The zero-order valence-corrected chi connectivity index (χ0v) is 16.3. The minimum Gasteiger partial charge on any atom is -0.362 e. The summed E-state index contributed by atoms with van der Waals surface area (Å²) < 4.78 is 5.99. The molecule has 2 heterocycles. The molecule has 1 aliphatic rings. The number of hydrogen-bond acceptors (Lipinski definition) is 6. The molecule has 2 unspecified atom stereocenters. The molecule has 2 atom stereocenters. The highest BCUT2D eigenvalue weighted by Gasteiger charge is 2.40. The van der Waals surface area contributed by atoms with Crippen LogP contribution in [0.5, 0.6) is 0 Å². The summed E-state index contributed by atoms with van der Waals surface area (Å²) in [5.41, 5.74) is 1.15. The number of rotatable bonds is 9. The Kier molecular flexibility index (Phi) is 7.66. The van der Waals surface area contributed by atoms with Crippen molar-refractivity contribution in [2.45, 2.75) is 52.8 Å². The quantitative estimate of drug-likeness (QED) is 0.397. The molecule has 0 saturated heterocycles. The number of nitro groups is 1. The molecule has 2 rings (SSSR count). The zero-order valence-electron chi connectivity index (χ0n) is 15.6. The van der Waals surface area contributed by atoms with Crippen LogP contribution in [0.3, 0.4) is 0 Å². The van der Waals surface area contributed by atoms with Gasteiger partial charge in [-0.15, -0.1) is 0 Å². The molecule has 1 aromatic heterocycles. The van der Waals surface area contributed by atoms with Crippen LogP contribution in [0.4, 0.5) is 0 Å². The van der Waals surface area contributed by atoms with E-state index in [0.29, 0.717) is 43.5 Å². The first-order valence-electron chi connectivity index (χ1n) is 9.12. The summed E-state index contributed by atoms with van der Waals surface area (Å²) in [5, 5.41) is 15.5. The summed E-state index contributed by atoms with van der Waals surface area (Å²) in [6.07, 6.45) is 3.76. The Labute approximate surface area is 159 Å². The number of hydrogen-bond donors (Lipinski definition) is 1. The predicted molar refractivity (Wildman–Crippen MR) is 101 cm³/mol. The first kappa shape index (κ1) is 20.5. The normalized spacial score (nSPS) is 20.4. The Hall–Kier alpha value is -1.86. The van der Waals surface area contributed by atoms with Crippen LogP contribution in [0, 0.1) is 16.0 Å². The van der Waals surface area contributed by atoms with E-state index in [2.05, 4.69) is 17.2 Å². The number of allylic oxidation sites excluding steroid dienone is 1. The van der Waals surface area contributed by atoms with Gasteiger partial charge in [0, 0.05) is 32.3 Å². The van der Waals surface area contributed by atoms with E-state index in [1.807, 2.05) is 24.8 Å². The molecule has 144 valence electrons. The van der Waals surface area contributed by atoms with Crippen LogP contribution < -0.4 is 5.32 Å². The highest BCUT2D eigenvalue weighted by atomic mass is 35.5. The molecular weight excluding hydrogens is 356 g/mol. The van der Waals surface area contributed by atoms with Crippen molar-refractivity contribution in [2.75, 3.05) is 13.2 Å². The molecule has 0 bridgehead atoms. The molecule has 0 fully saturated rings. The third-order valence-corrected chi connectivity index (χ3v) is 4.77. The van der Waals surface area contributed by atoms with Crippen LogP contribution in [-0.4, -0.2) is 34.2 Å². The maximum Gasteiger partial charge on any atom is 0.289 e. The second-order valence-corrected chi connectivity index (χ2v) is 6.67. The lowest BCUT2D eigenvalue weighted by molar-refractivity contribution is -0.440. The number of aromatic nitrogens is 1. The third-order valence-electron chi connectivity index (χ3n) is 4.54. The lowest BCUT2D eigenvalue weighted by Crippen LogP contribution is -2.48. The summed E-state index contributed by atoms with van der Waals surface area (Å²) in [6, 6.07) is 3.57. The molecule has 1 aliphatic heterocycles. The van der Waals surface area contributed by atoms with E-state index in [4.69, 9.17) is 16.3 Å². The van der Waals surface area contributed by atoms with Gasteiger partial charge in [-0.05, 0) is 31.4 Å². The monoisotopic (exact) mass is 382 g/mol. The van der Waals surface area contributed by atoms with Gasteiger partial charge in [0.05, 0.1) is 10.8 Å². The van der Waals surface area contributed by atoms with Crippen molar-refractivity contribution in [3.63, 3.8) is 0 Å². The standard InChI is InChI=1S/C18H27ClN4O3/c1-4-9-26-16-10-14(5-2)17(23(24)25)18(22(16)6-3)21-12-13-7-8-15(19)20-11-13/h7-8,11,14,16,21H,4-6,9-10,12H2,1-3H3. The number of nitrogens with zero attached hydrogens (tertiary/aromatic N) is 3. The topological polar surface area (TPSA) is 80.5 Å². The zero-order chi connectivity index (χ0) is 19.1. The van der Waals surface area contributed by atoms with E-state index >= 15 is 0 Å². The largest absolute Gasteiger partial charge is 0.362 e. The summed E-state index contributed by atoms with van der Waals surface area (Å²) in [6.45, 7) is 7.72. The van der Waals surface area contributed by atoms with E-state index in [1.54, 1.807) is 12.3 Å². The highest BCUT2D eigenvalue weighted by Crippen LogP contribution is 2.33. The second kappa shape index (κ2) is 9.73. The maximum absolute atomic E-state index is 11.8. The molecule has 8 heteroatoms. The Balaban J connectivity index is 2.31. The Morgan fingerprint density at radius 3 is 2.73 bits per heavy atom. The SMILES string of the molecule is CCCOC1CC(CC)C([N+](=O)[O-])=C(NCc2ccc(Cl)nc2)N1CC. The Morgan fingerprint density at radius 1 is 1.42 bits per heavy atom. The van der Waals surface area contributed by atoms with Crippen LogP contribution in [0.2, 0.25) is 5.15 Å². The van der Waals surface area contributed by atoms with Gasteiger partial charge in [0.1, 0.15) is 11.4 Å². The third kappa shape index (κ3) is 4.86. The first-order valence-corrected chi connectivity index (χ1v) is 9.50. The molecule has 0 spiro atoms. The van der Waals surface area contributed by atoms with Gasteiger partial charge >= 0.3 is 0 Å². The number of nitrogens with one attached hydrogen (secondary N) is 1. The van der Waals surface area contributed by atoms with Crippen molar-refractivity contribution in [1.82, 2.24) is 15.2 Å². The average Bonchev–Trinajstić information content (AvgIpc) is 2.64. The molecule has 26 heavy (non-hydrogen) atoms. The van der Waals surface area contributed by atoms with Crippen molar-refractivity contribution in [2.24, 2.45) is 5.92 Å². The van der Waals surface area contributed by atoms with E-state index in [0.717, 1.165) is 12.0 Å². The second-order valence-electron chi connectivity index (χ2n) is 6.29. The van der Waals surface area contributed by atoms with Crippen molar-refractivity contribution in [3.05, 3.63) is 50.7 Å². The van der Waals surface area contributed by atoms with E-state index in [1.165, 1.54) is 0 Å². The number of pyridine rings is 1. The molecule has 0 aromatic carbocycles. The lowest BCUT2D eigenvalue weighted by atomic mass is 9.93. The minimum absolute atomic E-state index is 0.138. The first-order chi connectivity index (χ1) is 12.5. The van der Waals surface area contributed by atoms with Crippen molar-refractivity contribution in [3.8, 4) is 0 Å². The van der Waals surface area contributed by atoms with Gasteiger partial charge in [-0.1, -0.05) is 31.5 Å². The van der Waals surface area contributed by atoms with E-state index in [-0.39, 0.29) is 22.8 Å². The molecule has 0 amide bonds. The van der Waals surface area contributed by atoms with Crippen LogP contribution in [0.15, 0.2) is 29.8 Å². The predicted octanol–water partition coefficient (Wildman–Crippen LogP) is 3.77. The van der Waals surface area contributed by atoms with E-state index in [9.17, 15) is 10.1 Å². The summed E-state index contributed by atoms with van der Waals surface area (Å²) in [5.74, 6) is 0.409. The van der Waals surface area contributed by atoms with E-state index < -0.39 is 0 Å². The number of ether oxygens (including phenoxy) is 1. The van der Waals surface area contributed by atoms with Crippen molar-refractivity contribution < 1.29 is 9.66 Å². The highest BCUT2D eigenvalue weighted by molar-refractivity contribution is 6.29. The van der Waals surface area contributed by atoms with Gasteiger partial charge in [-0.3, -0.25) is 10.1 Å². The van der Waals surface area contributed by atoms with Crippen molar-refractivity contribution >= 4 is 11.6 Å². The van der Waals surface area contributed by atoms with Crippen LogP contribution in [0.25, 0.3) is 0 Å². The Bertz CT molecular complexity index is 636. The van der Waals surface area contributed by atoms with Crippen LogP contribution in [-0.2, 0) is 11.3 Å². The van der Waals surface area contributed by atoms with Crippen LogP contribution in [0.1, 0.15) is 45.6 Å². The van der Waals surface area contributed by atoms with Gasteiger partial charge < -0.3 is 15.0 Å². The van der Waals surface area contributed by atoms with Gasteiger partial charge in [-0.25, -0.2) is 4.98 Å². The summed E-state index contributed by atoms with van der Waals surface area (Å²) in [4.78, 5) is 17.5. The molecule has 1 N–H and O–H groups in total. The molecule has 0 saturated carbocycles. The maximum atomic E-state index is 11.8. The fourth-order valence-electron chi connectivity index (χ4n) is 3.22. The molecule has 7 nitrogen and oxygen atoms in total. The average molecular weight is 383 g/mol. The van der Waals surface area contributed by atoms with Gasteiger partial charge in [0.15, 0.2) is 5.82 Å². The fraction of sp³-hybridized carbons (Fsp3) is 0.611. The summed E-state index contributed by atoms with van der Waals surface area (Å²) >= 11 is 5.82.